The Morgan fingerprint density at radius 3 is 2.04 bits per heavy atom. The lowest BCUT2D eigenvalue weighted by Crippen LogP contribution is -2.54. The number of benzene rings is 1. The molecule has 4 aliphatic rings. The molecule has 0 aliphatic carbocycles. The second-order valence-corrected chi connectivity index (χ2v) is 14.5. The standard InChI is InChI=1S/C36H57N7O2/c1-26-27(2)34-29(28(3)33(26)30(39(5)6)12-11-23-44)13-14-36(4,45-34)25-40-19-21-42(22-20-40)32-24-31(41-15-7-8-16-41)37-35(38-32)43-17-9-10-18-43/h24,30,44H,7-23,25H2,1-6H3. The Hall–Kier alpha value is -2.62. The molecule has 1 aromatic heterocycles. The molecule has 4 aliphatic heterocycles. The van der Waals surface area contributed by atoms with E-state index in [1.54, 1.807) is 0 Å². The highest BCUT2D eigenvalue weighted by atomic mass is 16.5. The van der Waals surface area contributed by atoms with Gasteiger partial charge in [-0.15, -0.1) is 0 Å². The number of hydrogen-bond donors (Lipinski definition) is 1. The van der Waals surface area contributed by atoms with Crippen molar-refractivity contribution in [3.05, 3.63) is 33.9 Å². The summed E-state index contributed by atoms with van der Waals surface area (Å²) < 4.78 is 7.01. The Morgan fingerprint density at radius 2 is 1.44 bits per heavy atom. The van der Waals surface area contributed by atoms with E-state index in [0.717, 1.165) is 108 Å². The normalized spacial score (nSPS) is 23.2. The first-order valence-corrected chi connectivity index (χ1v) is 17.6. The number of anilines is 3. The van der Waals surface area contributed by atoms with Crippen molar-refractivity contribution in [2.45, 2.75) is 90.7 Å². The van der Waals surface area contributed by atoms with E-state index < -0.39 is 0 Å². The lowest BCUT2D eigenvalue weighted by Gasteiger charge is -2.44. The van der Waals surface area contributed by atoms with Crippen LogP contribution in [0.2, 0.25) is 0 Å². The zero-order valence-electron chi connectivity index (χ0n) is 28.9. The number of aromatic nitrogens is 2. The van der Waals surface area contributed by atoms with E-state index in [9.17, 15) is 5.11 Å². The first-order valence-electron chi connectivity index (χ1n) is 17.6. The molecule has 45 heavy (non-hydrogen) atoms. The SMILES string of the molecule is Cc1c(C)c(C(CCCO)N(C)C)c(C)c2c1OC(C)(CN1CCN(c3cc(N4CCCC4)nc(N4CCCC4)n3)CC1)CC2. The number of nitrogens with zero attached hydrogens (tertiary/aromatic N) is 7. The molecule has 1 N–H and O–H groups in total. The molecule has 0 bridgehead atoms. The number of aliphatic hydroxyl groups is 1. The van der Waals surface area contributed by atoms with Crippen LogP contribution in [0.5, 0.6) is 5.75 Å². The van der Waals surface area contributed by atoms with Crippen LogP contribution in [0.15, 0.2) is 6.07 Å². The monoisotopic (exact) mass is 619 g/mol. The molecule has 3 fully saturated rings. The van der Waals surface area contributed by atoms with Crippen LogP contribution in [0.1, 0.15) is 85.7 Å². The number of ether oxygens (including phenoxy) is 1. The van der Waals surface area contributed by atoms with Gasteiger partial charge in [-0.2, -0.15) is 9.97 Å². The van der Waals surface area contributed by atoms with Gasteiger partial charge in [-0.05, 0) is 121 Å². The molecule has 5 heterocycles. The van der Waals surface area contributed by atoms with Crippen molar-refractivity contribution in [3.63, 3.8) is 0 Å². The minimum absolute atomic E-state index is 0.209. The van der Waals surface area contributed by atoms with Gasteiger partial charge >= 0.3 is 0 Å². The molecule has 0 radical (unpaired) electrons. The zero-order chi connectivity index (χ0) is 31.7. The van der Waals surface area contributed by atoms with Gasteiger partial charge in [0.15, 0.2) is 0 Å². The van der Waals surface area contributed by atoms with Crippen LogP contribution in [0.25, 0.3) is 0 Å². The van der Waals surface area contributed by atoms with Gasteiger partial charge in [-0.25, -0.2) is 0 Å². The van der Waals surface area contributed by atoms with Gasteiger partial charge in [0, 0.05) is 77.6 Å². The fraction of sp³-hybridized carbons (Fsp3) is 0.722. The van der Waals surface area contributed by atoms with E-state index in [0.29, 0.717) is 6.04 Å². The maximum Gasteiger partial charge on any atom is 0.229 e. The molecule has 2 unspecified atom stereocenters. The topological polar surface area (TPSA) is 71.4 Å². The highest BCUT2D eigenvalue weighted by molar-refractivity contribution is 5.58. The van der Waals surface area contributed by atoms with E-state index >= 15 is 0 Å². The van der Waals surface area contributed by atoms with Crippen molar-refractivity contribution >= 4 is 17.6 Å². The largest absolute Gasteiger partial charge is 0.486 e. The molecule has 0 saturated carbocycles. The molecular weight excluding hydrogens is 562 g/mol. The Labute approximate surface area is 271 Å². The van der Waals surface area contributed by atoms with E-state index in [2.05, 4.69) is 72.4 Å². The van der Waals surface area contributed by atoms with E-state index in [1.165, 1.54) is 53.5 Å². The van der Waals surface area contributed by atoms with Crippen LogP contribution in [0, 0.1) is 20.8 Å². The first kappa shape index (κ1) is 32.3. The summed E-state index contributed by atoms with van der Waals surface area (Å²) in [4.78, 5) is 22.4. The summed E-state index contributed by atoms with van der Waals surface area (Å²) in [5.41, 5.74) is 6.61. The fourth-order valence-corrected chi connectivity index (χ4v) is 8.24. The van der Waals surface area contributed by atoms with Crippen molar-refractivity contribution in [1.29, 1.82) is 0 Å². The highest BCUT2D eigenvalue weighted by Crippen LogP contribution is 2.44. The predicted molar refractivity (Wildman–Crippen MR) is 184 cm³/mol. The molecule has 0 amide bonds. The number of hydrogen-bond acceptors (Lipinski definition) is 9. The van der Waals surface area contributed by atoms with E-state index in [1.807, 2.05) is 0 Å². The van der Waals surface area contributed by atoms with Crippen molar-refractivity contribution in [1.82, 2.24) is 19.8 Å². The second-order valence-electron chi connectivity index (χ2n) is 14.5. The summed E-state index contributed by atoms with van der Waals surface area (Å²) in [6.07, 6.45) is 8.82. The van der Waals surface area contributed by atoms with Crippen LogP contribution in [0.3, 0.4) is 0 Å². The summed E-state index contributed by atoms with van der Waals surface area (Å²) in [7, 11) is 4.32. The minimum Gasteiger partial charge on any atom is -0.486 e. The molecule has 2 aromatic rings. The average Bonchev–Trinajstić information content (AvgIpc) is 3.77. The molecule has 3 saturated heterocycles. The van der Waals surface area contributed by atoms with Crippen LogP contribution in [-0.2, 0) is 6.42 Å². The summed E-state index contributed by atoms with van der Waals surface area (Å²) in [6.45, 7) is 18.6. The fourth-order valence-electron chi connectivity index (χ4n) is 8.24. The van der Waals surface area contributed by atoms with Gasteiger partial charge in [0.25, 0.3) is 0 Å². The summed E-state index contributed by atoms with van der Waals surface area (Å²) in [5, 5.41) is 9.54. The maximum atomic E-state index is 9.54. The summed E-state index contributed by atoms with van der Waals surface area (Å²) >= 11 is 0. The smallest absolute Gasteiger partial charge is 0.229 e. The van der Waals surface area contributed by atoms with Crippen LogP contribution in [0.4, 0.5) is 17.6 Å². The van der Waals surface area contributed by atoms with Gasteiger partial charge in [0.05, 0.1) is 0 Å². The molecule has 9 heteroatoms. The molecule has 248 valence electrons. The second kappa shape index (κ2) is 13.6. The summed E-state index contributed by atoms with van der Waals surface area (Å²) in [6, 6.07) is 2.55. The molecule has 9 nitrogen and oxygen atoms in total. The third-order valence-electron chi connectivity index (χ3n) is 11.0. The highest BCUT2D eigenvalue weighted by Gasteiger charge is 2.38. The number of piperazine rings is 1. The first-order chi connectivity index (χ1) is 21.7. The average molecular weight is 620 g/mol. The quantitative estimate of drug-likeness (QED) is 0.401. The zero-order valence-corrected chi connectivity index (χ0v) is 28.9. The van der Waals surface area contributed by atoms with Gasteiger partial charge in [0.1, 0.15) is 23.0 Å². The third kappa shape index (κ3) is 6.77. The molecule has 2 atom stereocenters. The molecule has 1 aromatic carbocycles. The lowest BCUT2D eigenvalue weighted by molar-refractivity contribution is 0.0226. The number of rotatable bonds is 10. The molecule has 6 rings (SSSR count). The van der Waals surface area contributed by atoms with Crippen molar-refractivity contribution in [2.24, 2.45) is 0 Å². The number of aliphatic hydroxyl groups excluding tert-OH is 1. The van der Waals surface area contributed by atoms with Crippen LogP contribution in [-0.4, -0.2) is 110 Å². The van der Waals surface area contributed by atoms with Gasteiger partial charge < -0.3 is 29.4 Å². The third-order valence-corrected chi connectivity index (χ3v) is 11.0. The van der Waals surface area contributed by atoms with Crippen molar-refractivity contribution in [2.75, 3.05) is 94.3 Å². The van der Waals surface area contributed by atoms with Crippen molar-refractivity contribution in [3.8, 4) is 5.75 Å². The molecule has 0 spiro atoms. The van der Waals surface area contributed by atoms with Gasteiger partial charge in [0.2, 0.25) is 5.95 Å². The van der Waals surface area contributed by atoms with E-state index in [4.69, 9.17) is 14.7 Å². The Balaban J connectivity index is 1.14. The Bertz CT molecular complexity index is 1300. The van der Waals surface area contributed by atoms with E-state index in [-0.39, 0.29) is 12.2 Å². The van der Waals surface area contributed by atoms with Crippen molar-refractivity contribution < 1.29 is 9.84 Å². The number of fused-ring (bicyclic) bond motifs is 1. The van der Waals surface area contributed by atoms with Gasteiger partial charge in [-0.1, -0.05) is 0 Å². The lowest BCUT2D eigenvalue weighted by atomic mass is 9.82. The minimum atomic E-state index is -0.209. The Kier molecular flexibility index (Phi) is 9.79. The van der Waals surface area contributed by atoms with Crippen LogP contribution < -0.4 is 19.4 Å². The van der Waals surface area contributed by atoms with Gasteiger partial charge in [-0.3, -0.25) is 4.90 Å². The summed E-state index contributed by atoms with van der Waals surface area (Å²) in [5.74, 6) is 4.24. The maximum absolute atomic E-state index is 9.54. The Morgan fingerprint density at radius 1 is 0.844 bits per heavy atom. The molecular formula is C36H57N7O2. The predicted octanol–water partition coefficient (Wildman–Crippen LogP) is 4.88. The van der Waals surface area contributed by atoms with Crippen LogP contribution >= 0.6 is 0 Å².